The first-order valence-electron chi connectivity index (χ1n) is 3.52. The zero-order valence-corrected chi connectivity index (χ0v) is 8.56. The Labute approximate surface area is 95.1 Å². The summed E-state index contributed by atoms with van der Waals surface area (Å²) < 4.78 is 0. The third kappa shape index (κ3) is 1.55. The fourth-order valence-electron chi connectivity index (χ4n) is 0.981. The number of aromatic hydroxyl groups is 1. The molecule has 0 spiro atoms. The summed E-state index contributed by atoms with van der Waals surface area (Å²) in [6, 6.07) is 4.86. The average molecular weight is 238 g/mol. The van der Waals surface area contributed by atoms with Crippen LogP contribution in [-0.2, 0) is 0 Å². The monoisotopic (exact) mass is 237 g/mol. The van der Waals surface area contributed by atoms with Crippen LogP contribution in [0.25, 0.3) is 0 Å². The van der Waals surface area contributed by atoms with Crippen LogP contribution in [0.3, 0.4) is 0 Å². The van der Waals surface area contributed by atoms with Crippen molar-refractivity contribution < 1.29 is 5.11 Å². The molecule has 0 radical (unpaired) electrons. The van der Waals surface area contributed by atoms with Gasteiger partial charge in [0.2, 0.25) is 0 Å². The molecule has 0 bridgehead atoms. The van der Waals surface area contributed by atoms with Crippen LogP contribution in [0.5, 0.6) is 5.75 Å². The summed E-state index contributed by atoms with van der Waals surface area (Å²) in [6.07, 6.45) is 0. The van der Waals surface area contributed by atoms with E-state index in [1.165, 1.54) is 0 Å². The van der Waals surface area contributed by atoms with Gasteiger partial charge in [0.05, 0.1) is 15.6 Å². The van der Waals surface area contributed by atoms with Crippen LogP contribution < -0.4 is 0 Å². The maximum absolute atomic E-state index is 9.45. The molecule has 1 N–H and O–H groups in total. The van der Waals surface area contributed by atoms with Gasteiger partial charge in [-0.3, -0.25) is 0 Å². The maximum Gasteiger partial charge on any atom is 0.154 e. The summed E-state index contributed by atoms with van der Waals surface area (Å²) in [4.78, 5) is 0. The quantitative estimate of drug-likeness (QED) is 0.750. The predicted molar refractivity (Wildman–Crippen MR) is 52.3 cm³/mol. The summed E-state index contributed by atoms with van der Waals surface area (Å²) >= 11 is 11.3. The third-order valence-corrected chi connectivity index (χ3v) is 2.44. The third-order valence-electron chi connectivity index (χ3n) is 1.69. The molecule has 1 aromatic rings. The van der Waals surface area contributed by atoms with Crippen molar-refractivity contribution in [1.82, 2.24) is 0 Å². The first kappa shape index (κ1) is 11.1. The van der Waals surface area contributed by atoms with Gasteiger partial charge in [-0.1, -0.05) is 23.2 Å². The molecule has 0 saturated heterocycles. The van der Waals surface area contributed by atoms with E-state index in [9.17, 15) is 5.11 Å². The summed E-state index contributed by atoms with van der Waals surface area (Å²) in [5.74, 6) is -0.603. The van der Waals surface area contributed by atoms with E-state index in [0.717, 1.165) is 0 Å². The Balaban J connectivity index is 3.88. The number of hydrogen-bond acceptors (Lipinski definition) is 4. The van der Waals surface area contributed by atoms with Gasteiger partial charge in [0, 0.05) is 0 Å². The lowest BCUT2D eigenvalue weighted by atomic mass is 10.1. The zero-order valence-electron chi connectivity index (χ0n) is 7.04. The number of nitriles is 3. The van der Waals surface area contributed by atoms with Crippen molar-refractivity contribution >= 4 is 23.2 Å². The maximum atomic E-state index is 9.45. The van der Waals surface area contributed by atoms with E-state index < -0.39 is 5.75 Å². The molecule has 15 heavy (non-hydrogen) atoms. The molecule has 4 nitrogen and oxygen atoms in total. The Kier molecular flexibility index (Phi) is 3.02. The summed E-state index contributed by atoms with van der Waals surface area (Å²) in [5.41, 5.74) is -0.840. The van der Waals surface area contributed by atoms with Crippen molar-refractivity contribution in [2.75, 3.05) is 0 Å². The molecule has 0 fully saturated rings. The highest BCUT2D eigenvalue weighted by Crippen LogP contribution is 2.37. The molecule has 1 aromatic carbocycles. The van der Waals surface area contributed by atoms with Crippen molar-refractivity contribution in [2.24, 2.45) is 0 Å². The van der Waals surface area contributed by atoms with Crippen molar-refractivity contribution in [3.8, 4) is 24.0 Å². The Bertz CT molecular complexity index is 459. The number of phenols is 1. The largest absolute Gasteiger partial charge is 0.505 e. The van der Waals surface area contributed by atoms with Crippen LogP contribution >= 0.6 is 23.2 Å². The molecule has 0 saturated carbocycles. The molecule has 0 aliphatic rings. The molecule has 0 aromatic heterocycles. The number of rotatable bonds is 0. The number of nitrogens with zero attached hydrogens (tertiary/aromatic N) is 3. The molecule has 0 unspecified atom stereocenters. The second-order valence-electron chi connectivity index (χ2n) is 2.44. The van der Waals surface area contributed by atoms with Crippen molar-refractivity contribution in [3.63, 3.8) is 0 Å². The Morgan fingerprint density at radius 1 is 0.800 bits per heavy atom. The lowest BCUT2D eigenvalue weighted by Crippen LogP contribution is -1.92. The SMILES string of the molecule is N#Cc1c(O)c(C#N)c(Cl)c(C#N)c1Cl. The van der Waals surface area contributed by atoms with Gasteiger partial charge in [0.25, 0.3) is 0 Å². The number of hydrogen-bond donors (Lipinski definition) is 1. The highest BCUT2D eigenvalue weighted by molar-refractivity contribution is 6.38. The molecular weight excluding hydrogens is 237 g/mol. The van der Waals surface area contributed by atoms with E-state index in [0.29, 0.717) is 0 Å². The van der Waals surface area contributed by atoms with E-state index in [1.807, 2.05) is 0 Å². The summed E-state index contributed by atoms with van der Waals surface area (Å²) in [7, 11) is 0. The summed E-state index contributed by atoms with van der Waals surface area (Å²) in [6.45, 7) is 0. The highest BCUT2D eigenvalue weighted by atomic mass is 35.5. The van der Waals surface area contributed by atoms with Crippen LogP contribution in [0.15, 0.2) is 0 Å². The smallest absolute Gasteiger partial charge is 0.154 e. The second kappa shape index (κ2) is 4.07. The average Bonchev–Trinajstić information content (AvgIpc) is 2.19. The predicted octanol–water partition coefficient (Wildman–Crippen LogP) is 2.31. The molecule has 0 atom stereocenters. The van der Waals surface area contributed by atoms with E-state index in [4.69, 9.17) is 39.0 Å². The number of halogens is 2. The van der Waals surface area contributed by atoms with Crippen LogP contribution in [-0.4, -0.2) is 5.11 Å². The van der Waals surface area contributed by atoms with Gasteiger partial charge in [-0.05, 0) is 0 Å². The van der Waals surface area contributed by atoms with Gasteiger partial charge in [-0.2, -0.15) is 15.8 Å². The van der Waals surface area contributed by atoms with Crippen molar-refractivity contribution in [1.29, 1.82) is 15.8 Å². The van der Waals surface area contributed by atoms with E-state index >= 15 is 0 Å². The Morgan fingerprint density at radius 2 is 1.13 bits per heavy atom. The first-order chi connectivity index (χ1) is 7.08. The van der Waals surface area contributed by atoms with Crippen LogP contribution in [0.1, 0.15) is 16.7 Å². The van der Waals surface area contributed by atoms with Crippen LogP contribution in [0, 0.1) is 34.0 Å². The second-order valence-corrected chi connectivity index (χ2v) is 3.19. The van der Waals surface area contributed by atoms with Crippen molar-refractivity contribution in [2.45, 2.75) is 0 Å². The first-order valence-corrected chi connectivity index (χ1v) is 4.28. The molecule has 0 aliphatic carbocycles. The Morgan fingerprint density at radius 3 is 1.40 bits per heavy atom. The normalized spacial score (nSPS) is 8.73. The van der Waals surface area contributed by atoms with Gasteiger partial charge in [0.1, 0.15) is 29.3 Å². The molecule has 0 amide bonds. The molecular formula is C9HCl2N3O. The van der Waals surface area contributed by atoms with Crippen LogP contribution in [0.4, 0.5) is 0 Å². The molecule has 72 valence electrons. The number of benzene rings is 1. The topological polar surface area (TPSA) is 91.6 Å². The van der Waals surface area contributed by atoms with Crippen molar-refractivity contribution in [3.05, 3.63) is 26.7 Å². The summed E-state index contributed by atoms with van der Waals surface area (Å²) in [5, 5.41) is 35.0. The lowest BCUT2D eigenvalue weighted by molar-refractivity contribution is 0.472. The minimum absolute atomic E-state index is 0.191. The van der Waals surface area contributed by atoms with Gasteiger partial charge in [-0.25, -0.2) is 0 Å². The van der Waals surface area contributed by atoms with Gasteiger partial charge in [0.15, 0.2) is 5.75 Å². The van der Waals surface area contributed by atoms with E-state index in [1.54, 1.807) is 18.2 Å². The molecule has 0 heterocycles. The van der Waals surface area contributed by atoms with Gasteiger partial charge >= 0.3 is 0 Å². The Hall–Kier alpha value is -1.93. The number of phenolic OH excluding ortho intramolecular Hbond substituents is 1. The lowest BCUT2D eigenvalue weighted by Gasteiger charge is -2.05. The standard InChI is InChI=1S/C9HCl2N3O/c10-7-4(1-12)8(11)6(3-14)9(15)5(7)2-13/h15H. The van der Waals surface area contributed by atoms with Gasteiger partial charge in [-0.15, -0.1) is 0 Å². The molecule has 6 heteroatoms. The zero-order chi connectivity index (χ0) is 11.6. The highest BCUT2D eigenvalue weighted by Gasteiger charge is 2.21. The van der Waals surface area contributed by atoms with E-state index in [2.05, 4.69) is 0 Å². The van der Waals surface area contributed by atoms with Crippen LogP contribution in [0.2, 0.25) is 10.0 Å². The fourth-order valence-corrected chi connectivity index (χ4v) is 1.57. The fraction of sp³-hybridized carbons (Fsp3) is 0. The minimum atomic E-state index is -0.603. The van der Waals surface area contributed by atoms with Gasteiger partial charge < -0.3 is 5.11 Å². The van der Waals surface area contributed by atoms with E-state index in [-0.39, 0.29) is 26.7 Å². The molecule has 1 rings (SSSR count). The minimum Gasteiger partial charge on any atom is -0.505 e. The molecule has 0 aliphatic heterocycles.